The maximum Gasteiger partial charge on any atom is 0.433 e. The van der Waals surface area contributed by atoms with Gasteiger partial charge in [0.15, 0.2) is 17.0 Å². The molecule has 4 rings (SSSR count). The lowest BCUT2D eigenvalue weighted by atomic mass is 10.1. The van der Waals surface area contributed by atoms with Gasteiger partial charge in [-0.15, -0.1) is 0 Å². The average Bonchev–Trinajstić information content (AvgIpc) is 3.13. The zero-order valence-corrected chi connectivity index (χ0v) is 16.1. The molecule has 1 atom stereocenters. The third-order valence-corrected chi connectivity index (χ3v) is 4.90. The van der Waals surface area contributed by atoms with Gasteiger partial charge in [0.1, 0.15) is 5.82 Å². The van der Waals surface area contributed by atoms with E-state index >= 15 is 0 Å². The summed E-state index contributed by atoms with van der Waals surface area (Å²) in [6.45, 7) is 0.801. The van der Waals surface area contributed by atoms with Crippen molar-refractivity contribution in [3.63, 3.8) is 0 Å². The highest BCUT2D eigenvalue weighted by Gasteiger charge is 2.36. The third kappa shape index (κ3) is 4.52. The first kappa shape index (κ1) is 21.2. The summed E-state index contributed by atoms with van der Waals surface area (Å²) in [6.07, 6.45) is -5.24. The van der Waals surface area contributed by atoms with Crippen molar-refractivity contribution >= 4 is 11.6 Å². The molecule has 1 amide bonds. The number of β-amino-alcohol motifs (C(OH)–C–C–N with tert-alkyl or cyclic N) is 1. The number of aromatic nitrogens is 3. The number of aliphatic hydroxyl groups is 1. The normalized spacial score (nSPS) is 18.1. The molecule has 0 spiro atoms. The minimum absolute atomic E-state index is 0.0243. The molecule has 0 bridgehead atoms. The molecular formula is C20H18F4N4O3. The number of hydrogen-bond acceptors (Lipinski definition) is 5. The van der Waals surface area contributed by atoms with Gasteiger partial charge >= 0.3 is 6.18 Å². The van der Waals surface area contributed by atoms with Gasteiger partial charge in [-0.05, 0) is 36.8 Å². The van der Waals surface area contributed by atoms with Gasteiger partial charge < -0.3 is 14.7 Å². The number of amides is 1. The Morgan fingerprint density at radius 2 is 1.90 bits per heavy atom. The predicted molar refractivity (Wildman–Crippen MR) is 101 cm³/mol. The molecule has 3 aromatic rings. The molecule has 1 unspecified atom stereocenters. The second-order valence-corrected chi connectivity index (χ2v) is 7.14. The Bertz CT molecular complexity index is 1100. The monoisotopic (exact) mass is 438 g/mol. The van der Waals surface area contributed by atoms with Crippen LogP contribution in [-0.4, -0.2) is 62.9 Å². The van der Waals surface area contributed by atoms with E-state index in [0.29, 0.717) is 17.5 Å². The van der Waals surface area contributed by atoms with Gasteiger partial charge in [0.25, 0.3) is 5.91 Å². The summed E-state index contributed by atoms with van der Waals surface area (Å²) in [7, 11) is 0. The smallest absolute Gasteiger partial charge is 0.391 e. The Morgan fingerprint density at radius 3 is 2.61 bits per heavy atom. The number of ether oxygens (including phenoxy) is 1. The second-order valence-electron chi connectivity index (χ2n) is 7.14. The molecule has 11 heteroatoms. The molecule has 1 fully saturated rings. The van der Waals surface area contributed by atoms with Gasteiger partial charge in [-0.3, -0.25) is 4.79 Å². The molecule has 1 aromatic carbocycles. The first-order chi connectivity index (χ1) is 14.7. The van der Waals surface area contributed by atoms with Crippen LogP contribution in [0.3, 0.4) is 0 Å². The highest BCUT2D eigenvalue weighted by Crippen LogP contribution is 2.32. The van der Waals surface area contributed by atoms with E-state index in [9.17, 15) is 27.5 Å². The van der Waals surface area contributed by atoms with Crippen LogP contribution in [0.4, 0.5) is 17.6 Å². The summed E-state index contributed by atoms with van der Waals surface area (Å²) in [5.74, 6) is -1.16. The Morgan fingerprint density at radius 1 is 1.16 bits per heavy atom. The summed E-state index contributed by atoms with van der Waals surface area (Å²) in [6, 6.07) is 6.84. The van der Waals surface area contributed by atoms with Gasteiger partial charge in [0, 0.05) is 31.3 Å². The molecule has 164 valence electrons. The van der Waals surface area contributed by atoms with Crippen LogP contribution in [0.1, 0.15) is 22.6 Å². The third-order valence-electron chi connectivity index (χ3n) is 4.90. The number of carbonyl (C=O) groups excluding carboxylic acids is 1. The fourth-order valence-electron chi connectivity index (χ4n) is 3.33. The number of nitrogens with zero attached hydrogens (tertiary/aromatic N) is 4. The van der Waals surface area contributed by atoms with Gasteiger partial charge in [0.2, 0.25) is 0 Å². The number of halogens is 4. The summed E-state index contributed by atoms with van der Waals surface area (Å²) in [5, 5.41) is 13.8. The van der Waals surface area contributed by atoms with Crippen LogP contribution in [0.2, 0.25) is 0 Å². The second kappa shape index (κ2) is 8.23. The van der Waals surface area contributed by atoms with Crippen molar-refractivity contribution in [2.24, 2.45) is 0 Å². The van der Waals surface area contributed by atoms with Crippen LogP contribution in [0.5, 0.6) is 0 Å². The van der Waals surface area contributed by atoms with Crippen molar-refractivity contribution in [2.45, 2.75) is 18.7 Å². The van der Waals surface area contributed by atoms with Crippen molar-refractivity contribution < 1.29 is 32.2 Å². The molecule has 1 N–H and O–H groups in total. The number of benzene rings is 1. The standard InChI is InChI=1S/C20H18F4N4O3/c21-13-3-1-12(2-4-13)15-9-17(20(22,23)24)28-18(25-15)10-16(26-28)19(30)27-6-8-31-7-5-14(29)11-27/h1-4,9-10,14,29H,5-8,11H2. The van der Waals surface area contributed by atoms with Crippen LogP contribution in [0.25, 0.3) is 16.9 Å². The summed E-state index contributed by atoms with van der Waals surface area (Å²) in [4.78, 5) is 18.3. The minimum atomic E-state index is -4.77. The maximum atomic E-state index is 13.7. The predicted octanol–water partition coefficient (Wildman–Crippen LogP) is 2.78. The molecule has 7 nitrogen and oxygen atoms in total. The SMILES string of the molecule is O=C(c1cc2nc(-c3ccc(F)cc3)cc(C(F)(F)F)n2n1)N1CCOCCC(O)C1. The first-order valence-corrected chi connectivity index (χ1v) is 9.51. The van der Waals surface area contributed by atoms with Crippen molar-refractivity contribution in [3.05, 3.63) is 53.6 Å². The van der Waals surface area contributed by atoms with Crippen LogP contribution < -0.4 is 0 Å². The van der Waals surface area contributed by atoms with E-state index in [0.717, 1.165) is 24.3 Å². The van der Waals surface area contributed by atoms with Crippen LogP contribution >= 0.6 is 0 Å². The maximum absolute atomic E-state index is 13.7. The Balaban J connectivity index is 1.76. The molecule has 1 aliphatic heterocycles. The van der Waals surface area contributed by atoms with E-state index in [1.807, 2.05) is 0 Å². The van der Waals surface area contributed by atoms with E-state index in [1.165, 1.54) is 17.0 Å². The quantitative estimate of drug-likeness (QED) is 0.623. The van der Waals surface area contributed by atoms with Gasteiger partial charge in [-0.1, -0.05) is 0 Å². The zero-order valence-electron chi connectivity index (χ0n) is 16.1. The highest BCUT2D eigenvalue weighted by atomic mass is 19.4. The molecule has 0 radical (unpaired) electrons. The molecule has 0 saturated carbocycles. The Hall–Kier alpha value is -3.05. The fourth-order valence-corrected chi connectivity index (χ4v) is 3.33. The summed E-state index contributed by atoms with van der Waals surface area (Å²) >= 11 is 0. The molecule has 2 aromatic heterocycles. The minimum Gasteiger partial charge on any atom is -0.391 e. The molecule has 0 aliphatic carbocycles. The lowest BCUT2D eigenvalue weighted by Gasteiger charge is -2.27. The van der Waals surface area contributed by atoms with Gasteiger partial charge in [-0.25, -0.2) is 13.9 Å². The molecular weight excluding hydrogens is 420 g/mol. The molecule has 31 heavy (non-hydrogen) atoms. The van der Waals surface area contributed by atoms with Crippen molar-refractivity contribution in [2.75, 3.05) is 26.3 Å². The lowest BCUT2D eigenvalue weighted by Crippen LogP contribution is -2.42. The first-order valence-electron chi connectivity index (χ1n) is 9.51. The topological polar surface area (TPSA) is 80.0 Å². The van der Waals surface area contributed by atoms with Crippen LogP contribution in [0.15, 0.2) is 36.4 Å². The highest BCUT2D eigenvalue weighted by molar-refractivity contribution is 5.93. The summed E-state index contributed by atoms with van der Waals surface area (Å²) < 4.78 is 60.1. The number of carbonyl (C=O) groups is 1. The molecule has 1 aliphatic rings. The number of hydrogen-bond donors (Lipinski definition) is 1. The van der Waals surface area contributed by atoms with E-state index in [1.54, 1.807) is 0 Å². The number of aliphatic hydroxyl groups excluding tert-OH is 1. The van der Waals surface area contributed by atoms with Crippen molar-refractivity contribution in [1.82, 2.24) is 19.5 Å². The van der Waals surface area contributed by atoms with E-state index < -0.39 is 29.7 Å². The number of alkyl halides is 3. The number of fused-ring (bicyclic) bond motifs is 1. The lowest BCUT2D eigenvalue weighted by molar-refractivity contribution is -0.142. The average molecular weight is 438 g/mol. The van der Waals surface area contributed by atoms with E-state index in [-0.39, 0.29) is 42.3 Å². The Kier molecular flexibility index (Phi) is 5.63. The largest absolute Gasteiger partial charge is 0.433 e. The van der Waals surface area contributed by atoms with Crippen LogP contribution in [-0.2, 0) is 10.9 Å². The Labute approximate surface area is 173 Å². The van der Waals surface area contributed by atoms with Crippen LogP contribution in [0, 0.1) is 5.82 Å². The van der Waals surface area contributed by atoms with Gasteiger partial charge in [0.05, 0.1) is 18.4 Å². The number of rotatable bonds is 2. The summed E-state index contributed by atoms with van der Waals surface area (Å²) in [5.41, 5.74) is -1.28. The zero-order chi connectivity index (χ0) is 22.2. The van der Waals surface area contributed by atoms with Gasteiger partial charge in [-0.2, -0.15) is 18.3 Å². The van der Waals surface area contributed by atoms with E-state index in [4.69, 9.17) is 4.74 Å². The van der Waals surface area contributed by atoms with Crippen molar-refractivity contribution in [3.8, 4) is 11.3 Å². The van der Waals surface area contributed by atoms with Crippen molar-refractivity contribution in [1.29, 1.82) is 0 Å². The fraction of sp³-hybridized carbons (Fsp3) is 0.350. The molecule has 3 heterocycles. The van der Waals surface area contributed by atoms with E-state index in [2.05, 4.69) is 10.1 Å². The molecule has 1 saturated heterocycles.